The van der Waals surface area contributed by atoms with Gasteiger partial charge in [-0.2, -0.15) is 0 Å². The molecule has 25 heavy (non-hydrogen) atoms. The first kappa shape index (κ1) is 18.2. The van der Waals surface area contributed by atoms with E-state index in [-0.39, 0.29) is 25.4 Å². The molecule has 0 aliphatic heterocycles. The third-order valence-corrected chi connectivity index (χ3v) is 3.52. The quantitative estimate of drug-likeness (QED) is 0.431. The number of hydrogen-bond acceptors (Lipinski definition) is 8. The molecule has 0 aliphatic rings. The Morgan fingerprint density at radius 1 is 0.760 bits per heavy atom. The lowest BCUT2D eigenvalue weighted by atomic mass is 10.1. The van der Waals surface area contributed by atoms with Crippen LogP contribution in [0.15, 0.2) is 24.3 Å². The molecule has 0 aromatic heterocycles. The number of ketones is 1. The predicted molar refractivity (Wildman–Crippen MR) is 87.7 cm³/mol. The second kappa shape index (κ2) is 7.18. The Kier molecular flexibility index (Phi) is 5.23. The minimum absolute atomic E-state index is 0.0325. The lowest BCUT2D eigenvalue weighted by Crippen LogP contribution is -2.28. The molecule has 134 valence electrons. The van der Waals surface area contributed by atoms with E-state index in [2.05, 4.69) is 0 Å². The van der Waals surface area contributed by atoms with Crippen LogP contribution in [0.5, 0.6) is 34.5 Å². The van der Waals surface area contributed by atoms with Crippen LogP contribution in [0.25, 0.3) is 0 Å². The average molecular weight is 349 g/mol. The van der Waals surface area contributed by atoms with Crippen LogP contribution in [-0.2, 0) is 17.9 Å². The smallest absolute Gasteiger partial charge is 0.200 e. The first-order valence-corrected chi connectivity index (χ1v) is 7.36. The zero-order valence-corrected chi connectivity index (χ0v) is 13.5. The van der Waals surface area contributed by atoms with Crippen LogP contribution in [-0.4, -0.2) is 47.9 Å². The fourth-order valence-electron chi connectivity index (χ4n) is 2.50. The highest BCUT2D eigenvalue weighted by molar-refractivity contribution is 5.77. The molecule has 2 aromatic carbocycles. The molecule has 0 saturated carbocycles. The highest BCUT2D eigenvalue weighted by Crippen LogP contribution is 2.37. The van der Waals surface area contributed by atoms with E-state index in [1.165, 1.54) is 31.2 Å². The maximum atomic E-state index is 11.5. The monoisotopic (exact) mass is 349 g/mol. The summed E-state index contributed by atoms with van der Waals surface area (Å²) in [4.78, 5) is 13.1. The maximum absolute atomic E-state index is 11.5. The highest BCUT2D eigenvalue weighted by atomic mass is 16.3. The molecule has 2 aromatic rings. The normalized spacial score (nSPS) is 11.0. The number of carbonyl (C=O) groups excluding carboxylic acids is 1. The molecule has 0 saturated heterocycles. The fraction of sp³-hybridized carbons (Fsp3) is 0.235. The van der Waals surface area contributed by atoms with E-state index in [4.69, 9.17) is 0 Å². The van der Waals surface area contributed by atoms with E-state index in [1.807, 2.05) is 0 Å². The van der Waals surface area contributed by atoms with Crippen LogP contribution in [0.2, 0.25) is 0 Å². The Balaban J connectivity index is 2.26. The van der Waals surface area contributed by atoms with Gasteiger partial charge in [0.1, 0.15) is 5.78 Å². The third-order valence-electron chi connectivity index (χ3n) is 3.52. The average Bonchev–Trinajstić information content (AvgIpc) is 2.49. The number of Topliss-reactive ketones (excluding diaryl/α,β-unsaturated/α-hetero) is 1. The Labute approximate surface area is 143 Å². The number of rotatable bonds is 6. The first-order chi connectivity index (χ1) is 11.7. The minimum Gasteiger partial charge on any atom is -0.504 e. The molecule has 0 radical (unpaired) electrons. The van der Waals surface area contributed by atoms with Gasteiger partial charge in [-0.1, -0.05) is 0 Å². The van der Waals surface area contributed by atoms with E-state index >= 15 is 0 Å². The van der Waals surface area contributed by atoms with Gasteiger partial charge in [0, 0.05) is 13.1 Å². The van der Waals surface area contributed by atoms with Crippen LogP contribution in [0.4, 0.5) is 0 Å². The molecule has 0 unspecified atom stereocenters. The van der Waals surface area contributed by atoms with Gasteiger partial charge in [0.2, 0.25) is 0 Å². The zero-order valence-electron chi connectivity index (χ0n) is 13.5. The van der Waals surface area contributed by atoms with E-state index in [9.17, 15) is 35.4 Å². The van der Waals surface area contributed by atoms with Gasteiger partial charge in [-0.3, -0.25) is 9.69 Å². The largest absolute Gasteiger partial charge is 0.504 e. The number of aromatic hydroxyl groups is 6. The molecular formula is C17H19NO7. The second-order valence-electron chi connectivity index (χ2n) is 5.81. The molecule has 0 atom stereocenters. The van der Waals surface area contributed by atoms with Crippen molar-refractivity contribution < 1.29 is 35.4 Å². The van der Waals surface area contributed by atoms with Crippen molar-refractivity contribution in [1.82, 2.24) is 4.90 Å². The van der Waals surface area contributed by atoms with E-state index in [1.54, 1.807) is 4.90 Å². The predicted octanol–water partition coefficient (Wildman–Crippen LogP) is 1.51. The SMILES string of the molecule is CC(=O)CN(Cc1cc(O)c(O)c(O)c1)Cc1cc(O)c(O)c(O)c1. The summed E-state index contributed by atoms with van der Waals surface area (Å²) in [7, 11) is 0. The molecular weight excluding hydrogens is 330 g/mol. The van der Waals surface area contributed by atoms with Crippen molar-refractivity contribution in [3.8, 4) is 34.5 Å². The van der Waals surface area contributed by atoms with Crippen molar-refractivity contribution in [1.29, 1.82) is 0 Å². The van der Waals surface area contributed by atoms with Crippen LogP contribution in [0.1, 0.15) is 18.1 Å². The number of carbonyl (C=O) groups is 1. The molecule has 6 N–H and O–H groups in total. The van der Waals surface area contributed by atoms with Gasteiger partial charge in [-0.15, -0.1) is 0 Å². The summed E-state index contributed by atoms with van der Waals surface area (Å²) < 4.78 is 0. The number of benzene rings is 2. The zero-order chi connectivity index (χ0) is 18.7. The molecule has 0 bridgehead atoms. The highest BCUT2D eigenvalue weighted by Gasteiger charge is 2.15. The third kappa shape index (κ3) is 4.45. The van der Waals surface area contributed by atoms with Crippen LogP contribution in [0.3, 0.4) is 0 Å². The van der Waals surface area contributed by atoms with Crippen molar-refractivity contribution in [3.05, 3.63) is 35.4 Å². The summed E-state index contributed by atoms with van der Waals surface area (Å²) in [5, 5.41) is 57.1. The van der Waals surface area contributed by atoms with Crippen molar-refractivity contribution >= 4 is 5.78 Å². The minimum atomic E-state index is -0.629. The van der Waals surface area contributed by atoms with Crippen molar-refractivity contribution in [2.75, 3.05) is 6.54 Å². The summed E-state index contributed by atoms with van der Waals surface area (Å²) in [5.41, 5.74) is 0.891. The first-order valence-electron chi connectivity index (χ1n) is 7.36. The number of phenols is 6. The van der Waals surface area contributed by atoms with Gasteiger partial charge < -0.3 is 30.6 Å². The lowest BCUT2D eigenvalue weighted by molar-refractivity contribution is -0.118. The van der Waals surface area contributed by atoms with Gasteiger partial charge >= 0.3 is 0 Å². The molecule has 0 fully saturated rings. The standard InChI is InChI=1S/C17H19NO7/c1-9(19)6-18(7-10-2-12(20)16(24)13(21)3-10)8-11-4-14(22)17(25)15(23)5-11/h2-5,20-25H,6-8H2,1H3. The molecule has 0 aliphatic carbocycles. The topological polar surface area (TPSA) is 142 Å². The van der Waals surface area contributed by atoms with Crippen molar-refractivity contribution in [2.24, 2.45) is 0 Å². The van der Waals surface area contributed by atoms with Crippen LogP contribution in [0, 0.1) is 0 Å². The molecule has 2 rings (SSSR count). The summed E-state index contributed by atoms with van der Waals surface area (Å²) in [5.74, 6) is -3.35. The van der Waals surface area contributed by atoms with E-state index in [0.29, 0.717) is 11.1 Å². The molecule has 0 amide bonds. The molecule has 8 heteroatoms. The second-order valence-corrected chi connectivity index (χ2v) is 5.81. The van der Waals surface area contributed by atoms with E-state index in [0.717, 1.165) is 0 Å². The summed E-state index contributed by atoms with van der Waals surface area (Å²) in [6.07, 6.45) is 0. The number of nitrogens with zero attached hydrogens (tertiary/aromatic N) is 1. The summed E-state index contributed by atoms with van der Waals surface area (Å²) in [6, 6.07) is 5.03. The van der Waals surface area contributed by atoms with Crippen LogP contribution < -0.4 is 0 Å². The maximum Gasteiger partial charge on any atom is 0.200 e. The fourth-order valence-corrected chi connectivity index (χ4v) is 2.50. The van der Waals surface area contributed by atoms with E-state index < -0.39 is 34.5 Å². The number of hydrogen-bond donors (Lipinski definition) is 6. The lowest BCUT2D eigenvalue weighted by Gasteiger charge is -2.22. The van der Waals surface area contributed by atoms with Gasteiger partial charge in [-0.05, 0) is 42.3 Å². The van der Waals surface area contributed by atoms with Crippen LogP contribution >= 0.6 is 0 Å². The van der Waals surface area contributed by atoms with Crippen molar-refractivity contribution in [2.45, 2.75) is 20.0 Å². The Hall–Kier alpha value is -3.13. The Morgan fingerprint density at radius 2 is 1.08 bits per heavy atom. The Morgan fingerprint density at radius 3 is 1.36 bits per heavy atom. The van der Waals surface area contributed by atoms with Crippen molar-refractivity contribution in [3.63, 3.8) is 0 Å². The van der Waals surface area contributed by atoms with Gasteiger partial charge in [0.15, 0.2) is 34.5 Å². The van der Waals surface area contributed by atoms with Gasteiger partial charge in [0.05, 0.1) is 6.54 Å². The number of phenolic OH excluding ortho intramolecular Hbond substituents is 6. The van der Waals surface area contributed by atoms with Gasteiger partial charge in [0.25, 0.3) is 0 Å². The summed E-state index contributed by atoms with van der Waals surface area (Å²) >= 11 is 0. The molecule has 0 heterocycles. The Bertz CT molecular complexity index is 698. The molecule has 0 spiro atoms. The molecule has 8 nitrogen and oxygen atoms in total. The summed E-state index contributed by atoms with van der Waals surface area (Å²) in [6.45, 7) is 1.71. The van der Waals surface area contributed by atoms with Gasteiger partial charge in [-0.25, -0.2) is 0 Å².